The molecule has 0 unspecified atom stereocenters. The number of halogens is 4. The van der Waals surface area contributed by atoms with Crippen LogP contribution in [-0.4, -0.2) is 56.8 Å². The fraction of sp³-hybridized carbons (Fsp3) is 0.400. The van der Waals surface area contributed by atoms with Crippen LogP contribution in [0.1, 0.15) is 62.8 Å². The quantitative estimate of drug-likeness (QED) is 0.0587. The Morgan fingerprint density at radius 3 is 1.72 bits per heavy atom. The van der Waals surface area contributed by atoms with E-state index in [0.29, 0.717) is 88.4 Å². The van der Waals surface area contributed by atoms with Gasteiger partial charge in [-0.05, 0) is 106 Å². The third kappa shape index (κ3) is 14.0. The highest BCUT2D eigenvalue weighted by Crippen LogP contribution is 2.42. The minimum absolute atomic E-state index is 0.0433. The monoisotopic (exact) mass is 980 g/mol. The van der Waals surface area contributed by atoms with Gasteiger partial charge in [0.25, 0.3) is 0 Å². The molecule has 2 aliphatic rings. The maximum atomic E-state index is 14.2. The van der Waals surface area contributed by atoms with Crippen molar-refractivity contribution in [1.82, 2.24) is 29.9 Å². The number of nitrogens with zero attached hydrogens (tertiary/aromatic N) is 7. The Kier molecular flexibility index (Phi) is 16.7. The second kappa shape index (κ2) is 22.8. The van der Waals surface area contributed by atoms with Gasteiger partial charge in [-0.25, -0.2) is 23.4 Å². The maximum Gasteiger partial charge on any atom is 0.183 e. The van der Waals surface area contributed by atoms with E-state index < -0.39 is 30.5 Å². The molecular formula is C50H56Cl2F2N10O3Si. The Hall–Kier alpha value is -6.04. The lowest BCUT2D eigenvalue weighted by atomic mass is 9.71. The predicted octanol–water partition coefficient (Wildman–Crippen LogP) is 12.6. The van der Waals surface area contributed by atoms with Gasteiger partial charge in [0.1, 0.15) is 24.2 Å². The van der Waals surface area contributed by atoms with Crippen molar-refractivity contribution < 1.29 is 23.0 Å². The van der Waals surface area contributed by atoms with Crippen LogP contribution in [0.3, 0.4) is 0 Å². The van der Waals surface area contributed by atoms with Crippen LogP contribution in [0.2, 0.25) is 35.7 Å². The van der Waals surface area contributed by atoms with E-state index in [2.05, 4.69) is 62.7 Å². The van der Waals surface area contributed by atoms with Crippen molar-refractivity contribution in [3.8, 4) is 23.6 Å². The summed E-state index contributed by atoms with van der Waals surface area (Å²) < 4.78 is 47.6. The van der Waals surface area contributed by atoms with Gasteiger partial charge in [0.2, 0.25) is 0 Å². The number of hydrogen-bond acceptors (Lipinski definition) is 11. The van der Waals surface area contributed by atoms with E-state index in [-0.39, 0.29) is 33.8 Å². The molecule has 3 N–H and O–H groups in total. The second-order valence-corrected chi connectivity index (χ2v) is 25.1. The predicted molar refractivity (Wildman–Crippen MR) is 262 cm³/mol. The summed E-state index contributed by atoms with van der Waals surface area (Å²) in [6.07, 6.45) is 9.63. The Bertz CT molecular complexity index is 2670. The number of aromatic amines is 1. The van der Waals surface area contributed by atoms with Crippen LogP contribution in [0.15, 0.2) is 97.3 Å². The zero-order chi connectivity index (χ0) is 48.2. The highest BCUT2D eigenvalue weighted by Gasteiger charge is 2.38. The number of pyridine rings is 2. The lowest BCUT2D eigenvalue weighted by molar-refractivity contribution is 0.0788. The third-order valence-electron chi connectivity index (χ3n) is 12.2. The van der Waals surface area contributed by atoms with Gasteiger partial charge in [0.05, 0.1) is 51.4 Å². The van der Waals surface area contributed by atoms with Crippen molar-refractivity contribution in [3.05, 3.63) is 130 Å². The molecule has 4 heterocycles. The van der Waals surface area contributed by atoms with Gasteiger partial charge < -0.3 is 24.8 Å². The number of aromatic nitrogens is 6. The van der Waals surface area contributed by atoms with Gasteiger partial charge in [-0.1, -0.05) is 67.1 Å². The molecule has 0 saturated heterocycles. The molecule has 8 rings (SSSR count). The van der Waals surface area contributed by atoms with Crippen LogP contribution in [0.25, 0.3) is 0 Å². The Morgan fingerprint density at radius 1 is 0.721 bits per heavy atom. The SMILES string of the molecule is C[Si](C)(C)CCOCn1ccc(Nc2cccc(CC3(C#N)CCC(Oc4cccc(Cl)c4F)CC3)n2)n1.N#CC1(Cc2cccc(Nc3ccn[nH]3)n2)CCC(Oc2cccc(Cl)c2F)CC1. The Morgan fingerprint density at radius 2 is 1.24 bits per heavy atom. The lowest BCUT2D eigenvalue weighted by Crippen LogP contribution is -2.33. The fourth-order valence-corrected chi connectivity index (χ4v) is 9.40. The first-order chi connectivity index (χ1) is 32.7. The number of anilines is 4. The van der Waals surface area contributed by atoms with Crippen molar-refractivity contribution in [3.63, 3.8) is 0 Å². The highest BCUT2D eigenvalue weighted by molar-refractivity contribution is 6.76. The first kappa shape index (κ1) is 49.9. The van der Waals surface area contributed by atoms with E-state index in [4.69, 9.17) is 42.4 Å². The Labute approximate surface area is 407 Å². The number of ether oxygens (including phenoxy) is 3. The first-order valence-electron chi connectivity index (χ1n) is 22.8. The summed E-state index contributed by atoms with van der Waals surface area (Å²) in [5, 5.41) is 37.7. The molecule has 18 heteroatoms. The van der Waals surface area contributed by atoms with Crippen molar-refractivity contribution in [2.75, 3.05) is 17.2 Å². The molecule has 13 nitrogen and oxygen atoms in total. The average molecular weight is 982 g/mol. The zero-order valence-electron chi connectivity index (χ0n) is 38.5. The molecule has 2 aliphatic carbocycles. The average Bonchev–Trinajstić information content (AvgIpc) is 4.02. The van der Waals surface area contributed by atoms with Crippen LogP contribution in [0.5, 0.6) is 11.5 Å². The summed E-state index contributed by atoms with van der Waals surface area (Å²) in [6, 6.07) is 30.8. The summed E-state index contributed by atoms with van der Waals surface area (Å²) in [6.45, 7) is 8.15. The topological polar surface area (TPSA) is 172 Å². The van der Waals surface area contributed by atoms with Crippen molar-refractivity contribution in [2.24, 2.45) is 10.8 Å². The molecule has 0 bridgehead atoms. The van der Waals surface area contributed by atoms with E-state index in [0.717, 1.165) is 29.9 Å². The number of hydrogen-bond donors (Lipinski definition) is 3. The minimum Gasteiger partial charge on any atom is -0.487 e. The molecule has 68 heavy (non-hydrogen) atoms. The molecule has 0 spiro atoms. The van der Waals surface area contributed by atoms with E-state index >= 15 is 0 Å². The standard InChI is InChI=1S/C28H35ClFN5O2Si.C22H21ClFN5O/c1-38(2,3)17-16-36-20-35-15-12-26(34-35)33-25-9-4-6-21(32-25)18-28(19-31)13-10-22(11-14-28)37-24-8-5-7-23(29)27(24)30;23-17-4-2-5-18(21(17)24)30-16-7-10-22(14-25,11-8-16)13-15-3-1-6-19(27-15)28-20-9-12-26-29-20/h4-9,12,15,22H,10-11,13-14,16-18,20H2,1-3H3,(H,32,33,34);1-6,9,12,16H,7-8,10-11,13H2,(H2,26,27,28,29). The van der Waals surface area contributed by atoms with E-state index in [1.165, 1.54) is 12.1 Å². The summed E-state index contributed by atoms with van der Waals surface area (Å²) >= 11 is 11.7. The van der Waals surface area contributed by atoms with E-state index in [1.54, 1.807) is 35.1 Å². The maximum absolute atomic E-state index is 14.2. The molecule has 2 aromatic carbocycles. The van der Waals surface area contributed by atoms with Crippen molar-refractivity contribution >= 4 is 54.5 Å². The molecule has 2 saturated carbocycles. The van der Waals surface area contributed by atoms with Crippen LogP contribution >= 0.6 is 23.2 Å². The van der Waals surface area contributed by atoms with Crippen LogP contribution in [-0.2, 0) is 24.3 Å². The summed E-state index contributed by atoms with van der Waals surface area (Å²) in [5.41, 5.74) is 0.645. The molecule has 0 aliphatic heterocycles. The van der Waals surface area contributed by atoms with Crippen LogP contribution < -0.4 is 20.1 Å². The third-order valence-corrected chi connectivity index (χ3v) is 14.5. The van der Waals surface area contributed by atoms with Gasteiger partial charge in [-0.2, -0.15) is 20.7 Å². The van der Waals surface area contributed by atoms with E-state index in [1.807, 2.05) is 54.7 Å². The molecule has 4 aromatic heterocycles. The second-order valence-electron chi connectivity index (χ2n) is 18.7. The van der Waals surface area contributed by atoms with E-state index in [9.17, 15) is 19.3 Å². The highest BCUT2D eigenvalue weighted by atomic mass is 35.5. The van der Waals surface area contributed by atoms with Gasteiger partial charge in [0.15, 0.2) is 29.0 Å². The normalized spacial score (nSPS) is 20.2. The van der Waals surface area contributed by atoms with Gasteiger partial charge in [-0.3, -0.25) is 5.10 Å². The summed E-state index contributed by atoms with van der Waals surface area (Å²) in [4.78, 5) is 9.38. The number of benzene rings is 2. The Balaban J connectivity index is 0.000000207. The lowest BCUT2D eigenvalue weighted by Gasteiger charge is -2.35. The van der Waals surface area contributed by atoms with Gasteiger partial charge in [0, 0.05) is 57.2 Å². The smallest absolute Gasteiger partial charge is 0.183 e. The molecule has 0 amide bonds. The van der Waals surface area contributed by atoms with Crippen LogP contribution in [0.4, 0.5) is 32.1 Å². The number of H-pyrrole nitrogens is 1. The fourth-order valence-electron chi connectivity index (χ4n) is 8.31. The molecule has 2 fully saturated rings. The molecular weight excluding hydrogens is 926 g/mol. The molecule has 0 radical (unpaired) electrons. The molecule has 0 atom stereocenters. The van der Waals surface area contributed by atoms with Gasteiger partial charge >= 0.3 is 0 Å². The zero-order valence-corrected chi connectivity index (χ0v) is 41.0. The summed E-state index contributed by atoms with van der Waals surface area (Å²) in [7, 11) is -1.11. The van der Waals surface area contributed by atoms with Crippen molar-refractivity contribution in [1.29, 1.82) is 10.5 Å². The minimum atomic E-state index is -1.11. The molecule has 6 aromatic rings. The van der Waals surface area contributed by atoms with Crippen molar-refractivity contribution in [2.45, 2.75) is 109 Å². The molecule has 356 valence electrons. The number of rotatable bonds is 17. The first-order valence-corrected chi connectivity index (χ1v) is 27.3. The largest absolute Gasteiger partial charge is 0.487 e. The van der Waals surface area contributed by atoms with Crippen LogP contribution in [0, 0.1) is 45.1 Å². The number of nitrogens with one attached hydrogen (secondary N) is 3. The van der Waals surface area contributed by atoms with Gasteiger partial charge in [-0.15, -0.1) is 0 Å². The summed E-state index contributed by atoms with van der Waals surface area (Å²) in [5.74, 6) is 2.04. The number of nitriles is 2.